The number of carbonyl (C=O) groups is 1. The third kappa shape index (κ3) is 11.9. The lowest BCUT2D eigenvalue weighted by atomic mass is 9.55. The van der Waals surface area contributed by atoms with Gasteiger partial charge in [-0.15, -0.1) is 18.3 Å². The van der Waals surface area contributed by atoms with E-state index in [0.717, 1.165) is 61.2 Å². The first kappa shape index (κ1) is 46.9. The Morgan fingerprint density at radius 3 is 2.57 bits per heavy atom. The second-order valence-corrected chi connectivity index (χ2v) is 17.1. The van der Waals surface area contributed by atoms with Crippen molar-refractivity contribution in [3.8, 4) is 11.5 Å². The number of aliphatic hydroxyl groups is 3. The predicted molar refractivity (Wildman–Crippen MR) is 234 cm³/mol. The van der Waals surface area contributed by atoms with Gasteiger partial charge in [0.15, 0.2) is 0 Å². The van der Waals surface area contributed by atoms with E-state index in [1.165, 1.54) is 4.90 Å². The number of hydrogen-bond acceptors (Lipinski definition) is 13. The fraction of sp³-hybridized carbons (Fsp3) is 0.617. The summed E-state index contributed by atoms with van der Waals surface area (Å²) in [6, 6.07) is 15.5. The zero-order valence-electron chi connectivity index (χ0n) is 35.7. The van der Waals surface area contributed by atoms with Crippen molar-refractivity contribution in [3.63, 3.8) is 0 Å². The Balaban J connectivity index is 1.50. The number of amides is 1. The number of oxime groups is 1. The molecule has 4 aliphatic rings. The van der Waals surface area contributed by atoms with E-state index in [-0.39, 0.29) is 77.0 Å². The van der Waals surface area contributed by atoms with Crippen LogP contribution in [-0.2, 0) is 23.8 Å². The molecule has 0 radical (unpaired) electrons. The molecule has 3 N–H and O–H groups in total. The minimum atomic E-state index is -1.44. The van der Waals surface area contributed by atoms with Gasteiger partial charge in [-0.3, -0.25) is 4.90 Å². The van der Waals surface area contributed by atoms with Gasteiger partial charge in [0.1, 0.15) is 17.5 Å². The minimum Gasteiger partial charge on any atom is -0.493 e. The molecule has 14 heteroatoms. The molecule has 1 saturated carbocycles. The number of fused-ring (bicyclic) bond motifs is 2. The molecule has 13 nitrogen and oxygen atoms in total. The van der Waals surface area contributed by atoms with E-state index in [9.17, 15) is 20.1 Å². The van der Waals surface area contributed by atoms with Gasteiger partial charge in [0, 0.05) is 54.7 Å². The number of benzene rings is 2. The highest BCUT2D eigenvalue weighted by Crippen LogP contribution is 2.62. The molecule has 336 valence electrons. The van der Waals surface area contributed by atoms with Crippen molar-refractivity contribution in [2.24, 2.45) is 22.9 Å². The summed E-state index contributed by atoms with van der Waals surface area (Å²) < 4.78 is 38.2. The molecule has 0 aromatic heterocycles. The second kappa shape index (κ2) is 24.3. The van der Waals surface area contributed by atoms with E-state index in [1.807, 2.05) is 30.3 Å². The topological polar surface area (TPSA) is 158 Å². The largest absolute Gasteiger partial charge is 0.493 e. The summed E-state index contributed by atoms with van der Waals surface area (Å²) >= 11 is 1.74. The van der Waals surface area contributed by atoms with Crippen LogP contribution in [0.15, 0.2) is 82.9 Å². The van der Waals surface area contributed by atoms with Crippen LogP contribution in [0.25, 0.3) is 0 Å². The molecule has 7 atom stereocenters. The summed E-state index contributed by atoms with van der Waals surface area (Å²) in [4.78, 5) is 23.2. The molecule has 1 amide bonds. The van der Waals surface area contributed by atoms with Crippen LogP contribution >= 0.6 is 11.8 Å². The number of ether oxygens (including phenoxy) is 6. The Labute approximate surface area is 365 Å². The van der Waals surface area contributed by atoms with Crippen molar-refractivity contribution >= 4 is 23.6 Å². The van der Waals surface area contributed by atoms with Gasteiger partial charge in [0.25, 0.3) is 0 Å². The molecule has 61 heavy (non-hydrogen) atoms. The molecule has 2 heterocycles. The molecule has 6 rings (SSSR count). The first-order valence-electron chi connectivity index (χ1n) is 22.3. The summed E-state index contributed by atoms with van der Waals surface area (Å²) in [6.45, 7) is 7.60. The van der Waals surface area contributed by atoms with Crippen LogP contribution in [0.3, 0.4) is 0 Å². The van der Waals surface area contributed by atoms with Crippen LogP contribution in [0, 0.1) is 17.8 Å². The molecule has 0 spiro atoms. The Morgan fingerprint density at radius 1 is 1.02 bits per heavy atom. The van der Waals surface area contributed by atoms with Crippen LogP contribution in [0.2, 0.25) is 0 Å². The lowest BCUT2D eigenvalue weighted by Gasteiger charge is -2.59. The molecule has 2 fully saturated rings. The highest BCUT2D eigenvalue weighted by Gasteiger charge is 2.65. The van der Waals surface area contributed by atoms with Crippen molar-refractivity contribution < 1.29 is 53.4 Å². The molecular weight excluding hydrogens is 801 g/mol. The lowest BCUT2D eigenvalue weighted by molar-refractivity contribution is -0.256. The van der Waals surface area contributed by atoms with Crippen molar-refractivity contribution in [1.82, 2.24) is 4.90 Å². The fourth-order valence-corrected chi connectivity index (χ4v) is 10.2. The summed E-state index contributed by atoms with van der Waals surface area (Å²) in [5, 5.41) is 34.3. The van der Waals surface area contributed by atoms with Crippen LogP contribution < -0.4 is 9.47 Å². The fourth-order valence-electron chi connectivity index (χ4n) is 9.40. The van der Waals surface area contributed by atoms with Gasteiger partial charge >= 0.3 is 6.09 Å². The third-order valence-corrected chi connectivity index (χ3v) is 13.0. The van der Waals surface area contributed by atoms with Crippen LogP contribution in [0.4, 0.5) is 4.79 Å². The normalized spacial score (nSPS) is 26.0. The first-order chi connectivity index (χ1) is 30.0. The van der Waals surface area contributed by atoms with Crippen LogP contribution in [-0.4, -0.2) is 122 Å². The number of thioether (sulfide) groups is 1. The summed E-state index contributed by atoms with van der Waals surface area (Å²) in [7, 11) is 0. The Bertz CT molecular complexity index is 1720. The number of rotatable bonds is 25. The third-order valence-electron chi connectivity index (χ3n) is 12.0. The Morgan fingerprint density at radius 2 is 1.84 bits per heavy atom. The molecule has 2 aromatic carbocycles. The van der Waals surface area contributed by atoms with Crippen molar-refractivity contribution in [2.75, 3.05) is 71.8 Å². The minimum absolute atomic E-state index is 0.0590. The number of carbonyl (C=O) groups excluding carboxylic acids is 1. The van der Waals surface area contributed by atoms with E-state index >= 15 is 0 Å². The predicted octanol–water partition coefficient (Wildman–Crippen LogP) is 7.49. The monoisotopic (exact) mass is 866 g/mol. The van der Waals surface area contributed by atoms with Crippen molar-refractivity contribution in [3.05, 3.63) is 78.4 Å². The SMILES string of the molecule is C=CCOC12Oc3ccc(OCCSc4ccccc4)cc3C3C(CCCCO)C(CCCCO)C=C(C(=NOC4CCCCO4)CC1N(CCOCCO)C(=O)OCC)C32. The molecule has 7 unspecified atom stereocenters. The Hall–Kier alpha value is -3.63. The number of hydrogen-bond donors (Lipinski definition) is 3. The van der Waals surface area contributed by atoms with Gasteiger partial charge in [-0.25, -0.2) is 4.79 Å². The summed E-state index contributed by atoms with van der Waals surface area (Å²) in [6.07, 6.45) is 10.5. The Kier molecular flexibility index (Phi) is 18.7. The van der Waals surface area contributed by atoms with Gasteiger partial charge in [-0.2, -0.15) is 0 Å². The van der Waals surface area contributed by atoms with E-state index in [1.54, 1.807) is 29.7 Å². The second-order valence-electron chi connectivity index (χ2n) is 15.9. The molecule has 2 aliphatic carbocycles. The highest BCUT2D eigenvalue weighted by molar-refractivity contribution is 7.99. The number of nitrogens with zero attached hydrogens (tertiary/aromatic N) is 2. The maximum absolute atomic E-state index is 14.2. The maximum Gasteiger partial charge on any atom is 0.410 e. The molecule has 2 aliphatic heterocycles. The van der Waals surface area contributed by atoms with E-state index in [0.29, 0.717) is 43.9 Å². The molecule has 0 bridgehead atoms. The van der Waals surface area contributed by atoms with Crippen LogP contribution in [0.5, 0.6) is 11.5 Å². The van der Waals surface area contributed by atoms with Crippen molar-refractivity contribution in [2.45, 2.75) is 100 Å². The summed E-state index contributed by atoms with van der Waals surface area (Å²) in [5.41, 5.74) is 2.59. The molecular formula is C47H66N2O11S. The smallest absolute Gasteiger partial charge is 0.410 e. The first-order valence-corrected chi connectivity index (χ1v) is 23.2. The van der Waals surface area contributed by atoms with Crippen LogP contribution in [0.1, 0.15) is 82.6 Å². The average molecular weight is 867 g/mol. The zero-order chi connectivity index (χ0) is 42.9. The molecule has 1 saturated heterocycles. The maximum atomic E-state index is 14.2. The van der Waals surface area contributed by atoms with Gasteiger partial charge in [-0.05, 0) is 93.2 Å². The number of aliphatic hydroxyl groups excluding tert-OH is 3. The van der Waals surface area contributed by atoms with Gasteiger partial charge in [0.2, 0.25) is 12.1 Å². The van der Waals surface area contributed by atoms with Gasteiger partial charge in [0.05, 0.1) is 57.9 Å². The number of unbranched alkanes of at least 4 members (excludes halogenated alkanes) is 2. The summed E-state index contributed by atoms with van der Waals surface area (Å²) in [5.74, 6) is 0.136. The zero-order valence-corrected chi connectivity index (χ0v) is 36.5. The molecule has 2 aromatic rings. The van der Waals surface area contributed by atoms with E-state index in [2.05, 4.69) is 30.9 Å². The number of allylic oxidation sites excluding steroid dienone is 1. The van der Waals surface area contributed by atoms with Crippen molar-refractivity contribution in [1.29, 1.82) is 0 Å². The highest BCUT2D eigenvalue weighted by atomic mass is 32.2. The lowest BCUT2D eigenvalue weighted by Crippen LogP contribution is -2.70. The average Bonchev–Trinajstić information content (AvgIpc) is 3.28. The van der Waals surface area contributed by atoms with Gasteiger partial charge < -0.3 is 48.6 Å². The van der Waals surface area contributed by atoms with E-state index in [4.69, 9.17) is 38.4 Å². The van der Waals surface area contributed by atoms with Gasteiger partial charge in [-0.1, -0.05) is 48.3 Å². The quantitative estimate of drug-likeness (QED) is 0.0392. The standard InChI is InChI=1S/C47H66N2O11S/c1-3-25-58-47-42(49(46(53)55-4-2)21-27-54-28-24-52)33-40(48-60-43-18-10-13-26-57-43)38-31-34(14-8-11-22-50)37(17-9-12-23-51)44(45(38)47)39-32-35(19-20-41(39)59-47)56-29-30-61-36-15-6-5-7-16-36/h3,5-7,15-16,19-20,31-32,34,37,42-45,50-52H,1,4,8-14,17-18,21-30,33H2,2H3. The van der Waals surface area contributed by atoms with E-state index < -0.39 is 30.1 Å².